The van der Waals surface area contributed by atoms with Crippen molar-refractivity contribution in [3.05, 3.63) is 34.9 Å². The van der Waals surface area contributed by atoms with Crippen LogP contribution in [0.5, 0.6) is 0 Å². The summed E-state index contributed by atoms with van der Waals surface area (Å²) in [5, 5.41) is 0. The van der Waals surface area contributed by atoms with Crippen molar-refractivity contribution in [1.82, 2.24) is 0 Å². The van der Waals surface area contributed by atoms with Gasteiger partial charge in [-0.2, -0.15) is 0 Å². The molecule has 1 amide bonds. The molecule has 1 aromatic carbocycles. The Bertz CT molecular complexity index is 331. The van der Waals surface area contributed by atoms with Crippen LogP contribution in [0.4, 0.5) is 0 Å². The highest BCUT2D eigenvalue weighted by molar-refractivity contribution is 5.94. The molecule has 14 heavy (non-hydrogen) atoms. The Morgan fingerprint density at radius 3 is 2.57 bits per heavy atom. The Morgan fingerprint density at radius 2 is 2.07 bits per heavy atom. The molecule has 2 heteroatoms. The zero-order chi connectivity index (χ0) is 10.6. The third-order valence-electron chi connectivity index (χ3n) is 2.35. The van der Waals surface area contributed by atoms with Crippen LogP contribution in [0.15, 0.2) is 18.2 Å². The summed E-state index contributed by atoms with van der Waals surface area (Å²) in [6.07, 6.45) is 3.04. The van der Waals surface area contributed by atoms with Gasteiger partial charge in [0.15, 0.2) is 0 Å². The lowest BCUT2D eigenvalue weighted by atomic mass is 9.99. The lowest BCUT2D eigenvalue weighted by Crippen LogP contribution is -2.13. The lowest BCUT2D eigenvalue weighted by molar-refractivity contribution is 0.0999. The summed E-state index contributed by atoms with van der Waals surface area (Å²) in [6, 6.07) is 5.92. The molecule has 2 N–H and O–H groups in total. The van der Waals surface area contributed by atoms with Crippen molar-refractivity contribution in [2.45, 2.75) is 33.1 Å². The second-order valence-electron chi connectivity index (χ2n) is 3.46. The summed E-state index contributed by atoms with van der Waals surface area (Å²) < 4.78 is 0. The fourth-order valence-electron chi connectivity index (χ4n) is 1.62. The normalized spacial score (nSPS) is 10.1. The van der Waals surface area contributed by atoms with Gasteiger partial charge in [-0.15, -0.1) is 0 Å². The van der Waals surface area contributed by atoms with E-state index in [0.29, 0.717) is 5.56 Å². The lowest BCUT2D eigenvalue weighted by Gasteiger charge is -2.06. The Morgan fingerprint density at radius 1 is 1.36 bits per heavy atom. The van der Waals surface area contributed by atoms with Crippen molar-refractivity contribution in [3.63, 3.8) is 0 Å². The third kappa shape index (κ3) is 2.34. The van der Waals surface area contributed by atoms with Crippen LogP contribution >= 0.6 is 0 Å². The van der Waals surface area contributed by atoms with Crippen LogP contribution in [0.25, 0.3) is 0 Å². The number of rotatable bonds is 4. The molecular formula is C12H17NO. The van der Waals surface area contributed by atoms with Gasteiger partial charge in [-0.05, 0) is 30.0 Å². The number of aryl methyl sites for hydroxylation is 2. The van der Waals surface area contributed by atoms with Crippen LogP contribution in [0.1, 0.15) is 41.8 Å². The number of carbonyl (C=O) groups excluding carboxylic acids is 1. The van der Waals surface area contributed by atoms with Gasteiger partial charge in [0.2, 0.25) is 5.91 Å². The predicted molar refractivity (Wildman–Crippen MR) is 58.3 cm³/mol. The predicted octanol–water partition coefficient (Wildman–Crippen LogP) is 2.30. The van der Waals surface area contributed by atoms with E-state index in [1.54, 1.807) is 0 Å². The number of hydrogen-bond acceptors (Lipinski definition) is 1. The number of amides is 1. The van der Waals surface area contributed by atoms with Gasteiger partial charge >= 0.3 is 0 Å². The van der Waals surface area contributed by atoms with Gasteiger partial charge in [0.1, 0.15) is 0 Å². The summed E-state index contributed by atoms with van der Waals surface area (Å²) >= 11 is 0. The number of nitrogens with two attached hydrogens (primary N) is 1. The SMILES string of the molecule is CCCc1ccc(C(N)=O)c(CC)c1. The monoisotopic (exact) mass is 191 g/mol. The molecule has 0 unspecified atom stereocenters. The smallest absolute Gasteiger partial charge is 0.248 e. The second-order valence-corrected chi connectivity index (χ2v) is 3.46. The molecule has 0 saturated heterocycles. The Kier molecular flexibility index (Phi) is 3.69. The molecular weight excluding hydrogens is 174 g/mol. The van der Waals surface area contributed by atoms with Crippen molar-refractivity contribution in [3.8, 4) is 0 Å². The first-order chi connectivity index (χ1) is 6.69. The molecule has 2 nitrogen and oxygen atoms in total. The largest absolute Gasteiger partial charge is 0.366 e. The van der Waals surface area contributed by atoms with Gasteiger partial charge in [-0.1, -0.05) is 32.4 Å². The molecule has 1 aromatic rings. The molecule has 0 radical (unpaired) electrons. The van der Waals surface area contributed by atoms with Crippen LogP contribution in [0, 0.1) is 0 Å². The zero-order valence-corrected chi connectivity index (χ0v) is 8.84. The fraction of sp³-hybridized carbons (Fsp3) is 0.417. The maximum Gasteiger partial charge on any atom is 0.248 e. The highest BCUT2D eigenvalue weighted by Crippen LogP contribution is 2.13. The van der Waals surface area contributed by atoms with E-state index in [1.165, 1.54) is 5.56 Å². The van der Waals surface area contributed by atoms with E-state index in [2.05, 4.69) is 13.0 Å². The summed E-state index contributed by atoms with van der Waals surface area (Å²) in [5.41, 5.74) is 8.28. The molecule has 0 bridgehead atoms. The second kappa shape index (κ2) is 4.80. The number of benzene rings is 1. The van der Waals surface area contributed by atoms with E-state index in [9.17, 15) is 4.79 Å². The summed E-state index contributed by atoms with van der Waals surface area (Å²) in [4.78, 5) is 11.1. The van der Waals surface area contributed by atoms with E-state index in [0.717, 1.165) is 24.8 Å². The van der Waals surface area contributed by atoms with Gasteiger partial charge in [0, 0.05) is 5.56 Å². The van der Waals surface area contributed by atoms with Gasteiger partial charge < -0.3 is 5.73 Å². The average molecular weight is 191 g/mol. The quantitative estimate of drug-likeness (QED) is 0.779. The maximum atomic E-state index is 11.1. The van der Waals surface area contributed by atoms with E-state index in [-0.39, 0.29) is 5.91 Å². The van der Waals surface area contributed by atoms with Crippen molar-refractivity contribution < 1.29 is 4.79 Å². The number of primary amides is 1. The first kappa shape index (κ1) is 10.8. The molecule has 0 saturated carbocycles. The first-order valence-electron chi connectivity index (χ1n) is 5.10. The maximum absolute atomic E-state index is 11.1. The molecule has 0 heterocycles. The topological polar surface area (TPSA) is 43.1 Å². The molecule has 0 aliphatic heterocycles. The van der Waals surface area contributed by atoms with Crippen LogP contribution in [-0.4, -0.2) is 5.91 Å². The van der Waals surface area contributed by atoms with E-state index >= 15 is 0 Å². The Labute approximate surface area is 85.1 Å². The Balaban J connectivity index is 3.05. The van der Waals surface area contributed by atoms with Crippen molar-refractivity contribution in [1.29, 1.82) is 0 Å². The third-order valence-corrected chi connectivity index (χ3v) is 2.35. The summed E-state index contributed by atoms with van der Waals surface area (Å²) in [5.74, 6) is -0.329. The van der Waals surface area contributed by atoms with Crippen molar-refractivity contribution in [2.75, 3.05) is 0 Å². The molecule has 0 aliphatic rings. The van der Waals surface area contributed by atoms with Crippen molar-refractivity contribution >= 4 is 5.91 Å². The molecule has 0 aliphatic carbocycles. The molecule has 76 valence electrons. The minimum Gasteiger partial charge on any atom is -0.366 e. The van der Waals surface area contributed by atoms with E-state index in [1.807, 2.05) is 19.1 Å². The minimum absolute atomic E-state index is 0.329. The van der Waals surface area contributed by atoms with Gasteiger partial charge in [-0.25, -0.2) is 0 Å². The summed E-state index contributed by atoms with van der Waals surface area (Å²) in [6.45, 7) is 4.19. The van der Waals surface area contributed by atoms with Crippen LogP contribution in [0.3, 0.4) is 0 Å². The minimum atomic E-state index is -0.329. The number of hydrogen-bond donors (Lipinski definition) is 1. The van der Waals surface area contributed by atoms with Crippen LogP contribution in [0.2, 0.25) is 0 Å². The van der Waals surface area contributed by atoms with Crippen LogP contribution in [-0.2, 0) is 12.8 Å². The molecule has 0 atom stereocenters. The standard InChI is InChI=1S/C12H17NO/c1-3-5-9-6-7-11(12(13)14)10(4-2)8-9/h6-8H,3-5H2,1-2H3,(H2,13,14). The Hall–Kier alpha value is -1.31. The first-order valence-corrected chi connectivity index (χ1v) is 5.10. The van der Waals surface area contributed by atoms with E-state index in [4.69, 9.17) is 5.73 Å². The molecule has 0 fully saturated rings. The molecule has 0 spiro atoms. The van der Waals surface area contributed by atoms with Gasteiger partial charge in [0.25, 0.3) is 0 Å². The number of carbonyl (C=O) groups is 1. The fourth-order valence-corrected chi connectivity index (χ4v) is 1.62. The van der Waals surface area contributed by atoms with Gasteiger partial charge in [-0.3, -0.25) is 4.79 Å². The van der Waals surface area contributed by atoms with Gasteiger partial charge in [0.05, 0.1) is 0 Å². The van der Waals surface area contributed by atoms with Crippen molar-refractivity contribution in [2.24, 2.45) is 5.73 Å². The summed E-state index contributed by atoms with van der Waals surface area (Å²) in [7, 11) is 0. The van der Waals surface area contributed by atoms with Crippen LogP contribution < -0.4 is 5.73 Å². The average Bonchev–Trinajstić information content (AvgIpc) is 2.17. The van der Waals surface area contributed by atoms with E-state index < -0.39 is 0 Å². The zero-order valence-electron chi connectivity index (χ0n) is 8.84. The highest BCUT2D eigenvalue weighted by atomic mass is 16.1. The highest BCUT2D eigenvalue weighted by Gasteiger charge is 2.06. The molecule has 1 rings (SSSR count). The molecule has 0 aromatic heterocycles.